The summed E-state index contributed by atoms with van der Waals surface area (Å²) in [5, 5.41) is 2.68. The Hall–Kier alpha value is -0.610. The Bertz CT molecular complexity index is 66.4. The minimum absolute atomic E-state index is 0. The van der Waals surface area contributed by atoms with Gasteiger partial charge in [-0.1, -0.05) is 0 Å². The number of amides is 1. The molecule has 1 aliphatic heterocycles. The second-order valence-electron chi connectivity index (χ2n) is 1.45. The minimum Gasteiger partial charge on any atom is -0.412 e. The predicted octanol–water partition coefficient (Wildman–Crippen LogP) is -0.766. The molecule has 50 valence electrons. The Kier molecular flexibility index (Phi) is 5.90. The summed E-state index contributed by atoms with van der Waals surface area (Å²) in [6.07, 6.45) is 1.76. The minimum atomic E-state index is 0. The van der Waals surface area contributed by atoms with Gasteiger partial charge in [0.15, 0.2) is 0 Å². The fourth-order valence-corrected chi connectivity index (χ4v) is 0.565. The maximum absolute atomic E-state index is 10.1. The van der Waals surface area contributed by atoms with Gasteiger partial charge in [0, 0.05) is 13.0 Å². The first-order valence-electron chi connectivity index (χ1n) is 2.16. The maximum Gasteiger partial charge on any atom is 0.220 e. The molecular weight excluding hydrogens is 108 g/mol. The van der Waals surface area contributed by atoms with Crippen LogP contribution in [0.25, 0.3) is 0 Å². The summed E-state index contributed by atoms with van der Waals surface area (Å²) in [4.78, 5) is 10.1. The SMILES string of the molecule is N.O.O=C1CCCN1. The molecule has 0 aromatic rings. The maximum atomic E-state index is 10.1. The van der Waals surface area contributed by atoms with Crippen LogP contribution in [0.3, 0.4) is 0 Å². The lowest BCUT2D eigenvalue weighted by molar-refractivity contribution is -0.119. The summed E-state index contributed by atoms with van der Waals surface area (Å²) in [6.45, 7) is 0.888. The van der Waals surface area contributed by atoms with Crippen LogP contribution in [0.4, 0.5) is 0 Å². The molecular formula is C4H12N2O2. The van der Waals surface area contributed by atoms with Crippen molar-refractivity contribution in [1.29, 1.82) is 0 Å². The van der Waals surface area contributed by atoms with Crippen LogP contribution < -0.4 is 11.5 Å². The van der Waals surface area contributed by atoms with E-state index < -0.39 is 0 Å². The number of hydrogen-bond donors (Lipinski definition) is 2. The molecule has 6 N–H and O–H groups in total. The van der Waals surface area contributed by atoms with Gasteiger partial charge >= 0.3 is 0 Å². The molecule has 0 aromatic carbocycles. The highest BCUT2D eigenvalue weighted by molar-refractivity contribution is 5.77. The van der Waals surface area contributed by atoms with Crippen molar-refractivity contribution in [3.8, 4) is 0 Å². The van der Waals surface area contributed by atoms with E-state index >= 15 is 0 Å². The summed E-state index contributed by atoms with van der Waals surface area (Å²) < 4.78 is 0. The van der Waals surface area contributed by atoms with E-state index in [0.717, 1.165) is 19.4 Å². The molecule has 0 radical (unpaired) electrons. The van der Waals surface area contributed by atoms with Crippen LogP contribution in [-0.2, 0) is 4.79 Å². The first kappa shape index (κ1) is 10.4. The van der Waals surface area contributed by atoms with Gasteiger partial charge in [-0.3, -0.25) is 4.79 Å². The Labute approximate surface area is 48.2 Å². The molecule has 4 nitrogen and oxygen atoms in total. The zero-order chi connectivity index (χ0) is 4.41. The third kappa shape index (κ3) is 2.54. The molecule has 0 aromatic heterocycles. The van der Waals surface area contributed by atoms with E-state index in [1.165, 1.54) is 0 Å². The van der Waals surface area contributed by atoms with Crippen LogP contribution in [0.2, 0.25) is 0 Å². The number of rotatable bonds is 0. The average molecular weight is 120 g/mol. The topological polar surface area (TPSA) is 95.6 Å². The van der Waals surface area contributed by atoms with E-state index in [9.17, 15) is 4.79 Å². The molecule has 1 amide bonds. The highest BCUT2D eigenvalue weighted by atomic mass is 16.1. The normalized spacial score (nSPS) is 15.8. The Morgan fingerprint density at radius 2 is 2.12 bits per heavy atom. The zero-order valence-electron chi connectivity index (χ0n) is 4.74. The van der Waals surface area contributed by atoms with Crippen molar-refractivity contribution in [2.24, 2.45) is 0 Å². The van der Waals surface area contributed by atoms with Crippen molar-refractivity contribution in [1.82, 2.24) is 11.5 Å². The number of carbonyl (C=O) groups excluding carboxylic acids is 1. The molecule has 0 atom stereocenters. The highest BCUT2D eigenvalue weighted by Gasteiger charge is 2.05. The van der Waals surface area contributed by atoms with Crippen LogP contribution >= 0.6 is 0 Å². The Morgan fingerprint density at radius 3 is 2.25 bits per heavy atom. The van der Waals surface area contributed by atoms with E-state index in [4.69, 9.17) is 0 Å². The fraction of sp³-hybridized carbons (Fsp3) is 0.750. The van der Waals surface area contributed by atoms with Crippen LogP contribution in [0, 0.1) is 0 Å². The Morgan fingerprint density at radius 1 is 1.50 bits per heavy atom. The van der Waals surface area contributed by atoms with Gasteiger partial charge in [-0.05, 0) is 6.42 Å². The first-order valence-corrected chi connectivity index (χ1v) is 2.16. The van der Waals surface area contributed by atoms with E-state index in [1.54, 1.807) is 0 Å². The predicted molar refractivity (Wildman–Crippen MR) is 30.9 cm³/mol. The lowest BCUT2D eigenvalue weighted by Crippen LogP contribution is -2.12. The molecule has 0 spiro atoms. The van der Waals surface area contributed by atoms with Gasteiger partial charge in [0.2, 0.25) is 5.91 Å². The fourth-order valence-electron chi connectivity index (χ4n) is 0.565. The van der Waals surface area contributed by atoms with Crippen LogP contribution in [-0.4, -0.2) is 17.9 Å². The van der Waals surface area contributed by atoms with Gasteiger partial charge in [0.05, 0.1) is 0 Å². The summed E-state index contributed by atoms with van der Waals surface area (Å²) in [6, 6.07) is 0. The lowest BCUT2D eigenvalue weighted by Gasteiger charge is -1.80. The van der Waals surface area contributed by atoms with Gasteiger partial charge in [0.25, 0.3) is 0 Å². The zero-order valence-corrected chi connectivity index (χ0v) is 4.74. The van der Waals surface area contributed by atoms with E-state index in [0.29, 0.717) is 0 Å². The molecule has 0 bridgehead atoms. The van der Waals surface area contributed by atoms with Crippen LogP contribution in [0.1, 0.15) is 12.8 Å². The lowest BCUT2D eigenvalue weighted by atomic mass is 10.4. The Balaban J connectivity index is 0. The summed E-state index contributed by atoms with van der Waals surface area (Å²) in [5.41, 5.74) is 0. The second kappa shape index (κ2) is 4.55. The van der Waals surface area contributed by atoms with E-state index in [2.05, 4.69) is 5.32 Å². The molecule has 0 aliphatic carbocycles. The highest BCUT2D eigenvalue weighted by Crippen LogP contribution is 1.93. The van der Waals surface area contributed by atoms with Gasteiger partial charge < -0.3 is 16.9 Å². The third-order valence-electron chi connectivity index (χ3n) is 0.903. The number of hydrogen-bond acceptors (Lipinski definition) is 2. The molecule has 1 fully saturated rings. The number of carbonyl (C=O) groups is 1. The molecule has 0 saturated carbocycles. The van der Waals surface area contributed by atoms with Gasteiger partial charge in [-0.15, -0.1) is 0 Å². The molecule has 8 heavy (non-hydrogen) atoms. The standard InChI is InChI=1S/C4H7NO.H3N.H2O/c6-4-2-1-3-5-4;;/h1-3H2,(H,5,6);1H3;1H2. The van der Waals surface area contributed by atoms with Crippen molar-refractivity contribution >= 4 is 5.91 Å². The number of nitrogens with one attached hydrogen (secondary N) is 1. The van der Waals surface area contributed by atoms with Crippen molar-refractivity contribution in [2.75, 3.05) is 6.54 Å². The van der Waals surface area contributed by atoms with Crippen molar-refractivity contribution < 1.29 is 10.3 Å². The molecule has 1 saturated heterocycles. The van der Waals surface area contributed by atoms with Crippen molar-refractivity contribution in [3.63, 3.8) is 0 Å². The molecule has 1 rings (SSSR count). The van der Waals surface area contributed by atoms with E-state index in [1.807, 2.05) is 0 Å². The second-order valence-corrected chi connectivity index (χ2v) is 1.45. The monoisotopic (exact) mass is 120 g/mol. The van der Waals surface area contributed by atoms with E-state index in [-0.39, 0.29) is 17.5 Å². The van der Waals surface area contributed by atoms with Crippen LogP contribution in [0.5, 0.6) is 0 Å². The van der Waals surface area contributed by atoms with Gasteiger partial charge in [0.1, 0.15) is 0 Å². The quantitative estimate of drug-likeness (QED) is 0.439. The molecule has 1 aliphatic rings. The summed E-state index contributed by atoms with van der Waals surface area (Å²) in [5.74, 6) is 0.204. The molecule has 0 unspecified atom stereocenters. The molecule has 1 heterocycles. The third-order valence-corrected chi connectivity index (χ3v) is 0.903. The van der Waals surface area contributed by atoms with Gasteiger partial charge in [-0.2, -0.15) is 0 Å². The first-order chi connectivity index (χ1) is 2.89. The molecule has 4 heteroatoms. The van der Waals surface area contributed by atoms with Crippen LogP contribution in [0.15, 0.2) is 0 Å². The largest absolute Gasteiger partial charge is 0.412 e. The van der Waals surface area contributed by atoms with Crippen molar-refractivity contribution in [2.45, 2.75) is 12.8 Å². The smallest absolute Gasteiger partial charge is 0.220 e. The van der Waals surface area contributed by atoms with Gasteiger partial charge in [-0.25, -0.2) is 0 Å². The van der Waals surface area contributed by atoms with Crippen molar-refractivity contribution in [3.05, 3.63) is 0 Å². The summed E-state index contributed by atoms with van der Waals surface area (Å²) >= 11 is 0. The average Bonchev–Trinajstić information content (AvgIpc) is 1.86. The summed E-state index contributed by atoms with van der Waals surface area (Å²) in [7, 11) is 0.